The molecule has 1 aromatic carbocycles. The standard InChI is InChI=1S/C16H20N4O4S.ClH/c17-16(6-3-7-16)15-18-14(24-19-15)12-4-1-2-5-13(12)25(21,22)20-8-10-23-11-9-20;/h1-2,4-5H,3,6-11,17H2;1H. The number of aromatic nitrogens is 2. The number of sulfonamides is 1. The molecule has 1 saturated carbocycles. The van der Waals surface area contributed by atoms with E-state index < -0.39 is 15.6 Å². The molecule has 1 aromatic heterocycles. The topological polar surface area (TPSA) is 112 Å². The minimum absolute atomic E-state index is 0. The van der Waals surface area contributed by atoms with Crippen LogP contribution in [0.4, 0.5) is 0 Å². The summed E-state index contributed by atoms with van der Waals surface area (Å²) in [4.78, 5) is 4.54. The molecule has 4 rings (SSSR count). The average molecular weight is 401 g/mol. The number of hydrogen-bond donors (Lipinski definition) is 1. The lowest BCUT2D eigenvalue weighted by atomic mass is 9.77. The van der Waals surface area contributed by atoms with Crippen LogP contribution in [0.1, 0.15) is 25.1 Å². The summed E-state index contributed by atoms with van der Waals surface area (Å²) >= 11 is 0. The van der Waals surface area contributed by atoms with Gasteiger partial charge < -0.3 is 15.0 Å². The Hall–Kier alpha value is -1.52. The van der Waals surface area contributed by atoms with Crippen LogP contribution in [-0.4, -0.2) is 49.2 Å². The van der Waals surface area contributed by atoms with E-state index in [9.17, 15) is 8.42 Å². The van der Waals surface area contributed by atoms with Gasteiger partial charge in [0.1, 0.15) is 0 Å². The summed E-state index contributed by atoms with van der Waals surface area (Å²) in [6.07, 6.45) is 2.64. The Morgan fingerprint density at radius 3 is 2.50 bits per heavy atom. The Morgan fingerprint density at radius 2 is 1.85 bits per heavy atom. The van der Waals surface area contributed by atoms with Crippen LogP contribution < -0.4 is 5.73 Å². The molecule has 0 atom stereocenters. The van der Waals surface area contributed by atoms with Gasteiger partial charge in [0.05, 0.1) is 29.2 Å². The number of nitrogens with zero attached hydrogens (tertiary/aromatic N) is 3. The zero-order chi connectivity index (χ0) is 17.5. The minimum atomic E-state index is -3.66. The molecule has 0 spiro atoms. The molecule has 1 aliphatic carbocycles. The second-order valence-corrected chi connectivity index (χ2v) is 8.35. The van der Waals surface area contributed by atoms with Crippen molar-refractivity contribution in [2.45, 2.75) is 29.7 Å². The first-order valence-corrected chi connectivity index (χ1v) is 9.75. The number of nitrogens with two attached hydrogens (primary N) is 1. The quantitative estimate of drug-likeness (QED) is 0.827. The van der Waals surface area contributed by atoms with Crippen LogP contribution in [0.25, 0.3) is 11.5 Å². The third-order valence-electron chi connectivity index (χ3n) is 4.82. The highest BCUT2D eigenvalue weighted by molar-refractivity contribution is 7.89. The summed E-state index contributed by atoms with van der Waals surface area (Å²) in [5, 5.41) is 3.98. The monoisotopic (exact) mass is 400 g/mol. The normalized spacial score (nSPS) is 20.2. The van der Waals surface area contributed by atoms with Crippen molar-refractivity contribution in [2.24, 2.45) is 5.73 Å². The van der Waals surface area contributed by atoms with Gasteiger partial charge in [-0.25, -0.2) is 8.42 Å². The van der Waals surface area contributed by atoms with Gasteiger partial charge in [0, 0.05) is 13.1 Å². The fourth-order valence-electron chi connectivity index (χ4n) is 3.11. The molecule has 0 amide bonds. The zero-order valence-corrected chi connectivity index (χ0v) is 15.8. The van der Waals surface area contributed by atoms with Crippen LogP contribution >= 0.6 is 12.4 Å². The second-order valence-electron chi connectivity index (χ2n) is 6.45. The molecule has 2 aliphatic rings. The Balaban J connectivity index is 0.00000196. The number of halogens is 1. The summed E-state index contributed by atoms with van der Waals surface area (Å²) < 4.78 is 38.0. The smallest absolute Gasteiger partial charge is 0.259 e. The number of benzene rings is 1. The van der Waals surface area contributed by atoms with Crippen molar-refractivity contribution >= 4 is 22.4 Å². The molecule has 1 saturated heterocycles. The fourth-order valence-corrected chi connectivity index (χ4v) is 4.70. The van der Waals surface area contributed by atoms with Gasteiger partial charge in [-0.3, -0.25) is 0 Å². The zero-order valence-electron chi connectivity index (χ0n) is 14.1. The van der Waals surface area contributed by atoms with Crippen LogP contribution in [0.5, 0.6) is 0 Å². The SMILES string of the molecule is Cl.NC1(c2noc(-c3ccccc3S(=O)(=O)N3CCOCC3)n2)CCC1. The first kappa shape index (κ1) is 19.2. The Bertz CT molecular complexity index is 876. The highest BCUT2D eigenvalue weighted by atomic mass is 35.5. The maximum Gasteiger partial charge on any atom is 0.259 e. The molecule has 0 bridgehead atoms. The van der Waals surface area contributed by atoms with E-state index in [2.05, 4.69) is 10.1 Å². The maximum atomic E-state index is 13.0. The lowest BCUT2D eigenvalue weighted by Crippen LogP contribution is -2.44. The summed E-state index contributed by atoms with van der Waals surface area (Å²) in [6, 6.07) is 6.67. The minimum Gasteiger partial charge on any atom is -0.379 e. The number of morpholine rings is 1. The van der Waals surface area contributed by atoms with Crippen molar-refractivity contribution in [3.05, 3.63) is 30.1 Å². The average Bonchev–Trinajstić information content (AvgIpc) is 3.11. The molecule has 2 fully saturated rings. The van der Waals surface area contributed by atoms with Gasteiger partial charge in [-0.15, -0.1) is 12.4 Å². The summed E-state index contributed by atoms with van der Waals surface area (Å²) in [7, 11) is -3.66. The van der Waals surface area contributed by atoms with E-state index in [1.54, 1.807) is 24.3 Å². The summed E-state index contributed by atoms with van der Waals surface area (Å²) in [6.45, 7) is 1.44. The number of rotatable bonds is 4. The molecule has 142 valence electrons. The van der Waals surface area contributed by atoms with E-state index in [0.717, 1.165) is 19.3 Å². The van der Waals surface area contributed by atoms with Gasteiger partial charge >= 0.3 is 0 Å². The van der Waals surface area contributed by atoms with Crippen molar-refractivity contribution in [2.75, 3.05) is 26.3 Å². The first-order chi connectivity index (χ1) is 12.0. The van der Waals surface area contributed by atoms with E-state index in [1.807, 2.05) is 0 Å². The predicted octanol–water partition coefficient (Wildman–Crippen LogP) is 1.52. The van der Waals surface area contributed by atoms with Crippen LogP contribution in [0.2, 0.25) is 0 Å². The fraction of sp³-hybridized carbons (Fsp3) is 0.500. The van der Waals surface area contributed by atoms with E-state index in [0.29, 0.717) is 37.7 Å². The van der Waals surface area contributed by atoms with Gasteiger partial charge in [-0.2, -0.15) is 9.29 Å². The molecule has 2 aromatic rings. The molecule has 0 unspecified atom stereocenters. The Labute approximate surface area is 158 Å². The third-order valence-corrected chi connectivity index (χ3v) is 6.78. The molecular formula is C16H21ClN4O4S. The molecular weight excluding hydrogens is 380 g/mol. The van der Waals surface area contributed by atoms with Gasteiger partial charge in [0.2, 0.25) is 10.0 Å². The predicted molar refractivity (Wildman–Crippen MR) is 96.3 cm³/mol. The molecule has 2 heterocycles. The van der Waals surface area contributed by atoms with Crippen LogP contribution in [0.3, 0.4) is 0 Å². The van der Waals surface area contributed by atoms with Crippen LogP contribution in [-0.2, 0) is 20.3 Å². The highest BCUT2D eigenvalue weighted by Crippen LogP contribution is 2.38. The summed E-state index contributed by atoms with van der Waals surface area (Å²) in [5.41, 5.74) is 6.07. The second kappa shape index (κ2) is 7.24. The first-order valence-electron chi connectivity index (χ1n) is 8.31. The van der Waals surface area contributed by atoms with Crippen molar-refractivity contribution in [1.29, 1.82) is 0 Å². The molecule has 1 aliphatic heterocycles. The van der Waals surface area contributed by atoms with Crippen LogP contribution in [0.15, 0.2) is 33.7 Å². The third kappa shape index (κ3) is 3.25. The van der Waals surface area contributed by atoms with Crippen LogP contribution in [0, 0.1) is 0 Å². The van der Waals surface area contributed by atoms with E-state index in [1.165, 1.54) is 4.31 Å². The number of ether oxygens (including phenoxy) is 1. The van der Waals surface area contributed by atoms with Crippen molar-refractivity contribution in [3.8, 4) is 11.5 Å². The lowest BCUT2D eigenvalue weighted by molar-refractivity contribution is 0.0730. The van der Waals surface area contributed by atoms with Gasteiger partial charge in [0.25, 0.3) is 5.89 Å². The van der Waals surface area contributed by atoms with E-state index >= 15 is 0 Å². The van der Waals surface area contributed by atoms with Gasteiger partial charge in [-0.05, 0) is 31.4 Å². The molecule has 8 nitrogen and oxygen atoms in total. The van der Waals surface area contributed by atoms with Crippen molar-refractivity contribution in [3.63, 3.8) is 0 Å². The molecule has 0 radical (unpaired) electrons. The van der Waals surface area contributed by atoms with E-state index in [-0.39, 0.29) is 23.2 Å². The Kier molecular flexibility index (Phi) is 5.36. The molecule has 26 heavy (non-hydrogen) atoms. The maximum absolute atomic E-state index is 13.0. The van der Waals surface area contributed by atoms with Gasteiger partial charge in [-0.1, -0.05) is 17.3 Å². The van der Waals surface area contributed by atoms with Crippen molar-refractivity contribution in [1.82, 2.24) is 14.4 Å². The lowest BCUT2D eigenvalue weighted by Gasteiger charge is -2.34. The molecule has 2 N–H and O–H groups in total. The Morgan fingerprint density at radius 1 is 1.15 bits per heavy atom. The highest BCUT2D eigenvalue weighted by Gasteiger charge is 2.39. The number of hydrogen-bond acceptors (Lipinski definition) is 7. The molecule has 10 heteroatoms. The van der Waals surface area contributed by atoms with Gasteiger partial charge in [0.15, 0.2) is 5.82 Å². The largest absolute Gasteiger partial charge is 0.379 e. The van der Waals surface area contributed by atoms with E-state index in [4.69, 9.17) is 15.0 Å². The van der Waals surface area contributed by atoms with Crippen molar-refractivity contribution < 1.29 is 17.7 Å². The summed E-state index contributed by atoms with van der Waals surface area (Å²) in [5.74, 6) is 0.617.